The number of unbranched alkanes of at least 4 members (excludes halogenated alkanes) is 20. The first-order chi connectivity index (χ1) is 27.0. The molecule has 0 bridgehead atoms. The van der Waals surface area contributed by atoms with E-state index in [1.54, 1.807) is 0 Å². The summed E-state index contributed by atoms with van der Waals surface area (Å²) in [6.07, 6.45) is 26.6. The largest absolute Gasteiger partial charge is 0.462 e. The van der Waals surface area contributed by atoms with E-state index in [2.05, 4.69) is 38.2 Å². The lowest BCUT2D eigenvalue weighted by atomic mass is 10.00. The Morgan fingerprint density at radius 2 is 1.07 bits per heavy atom. The standard InChI is InChI=1S/C43H78O12S/c1-3-5-7-9-11-13-14-15-16-17-18-19-20-21-22-24-26-28-30-32-39(45)54-36(33-52-38(44)31-29-27-25-23-12-10-8-6-4-2)34-53-43-42(48)41(47)40(46)37(55-43)35-56(49,50)51/h11,13,15-16,36-37,40-43,46-48H,3-10,12,14,17-35H2,1-2H3,(H,49,50,51)/b13-11-,16-15-. The maximum absolute atomic E-state index is 12.8. The van der Waals surface area contributed by atoms with Crippen molar-refractivity contribution in [2.75, 3.05) is 19.0 Å². The van der Waals surface area contributed by atoms with Crippen molar-refractivity contribution < 1.29 is 56.8 Å². The van der Waals surface area contributed by atoms with Crippen molar-refractivity contribution in [1.29, 1.82) is 0 Å². The molecule has 0 radical (unpaired) electrons. The second-order valence-electron chi connectivity index (χ2n) is 15.4. The van der Waals surface area contributed by atoms with Gasteiger partial charge in [-0.2, -0.15) is 8.42 Å². The van der Waals surface area contributed by atoms with Crippen molar-refractivity contribution in [3.63, 3.8) is 0 Å². The van der Waals surface area contributed by atoms with Gasteiger partial charge in [0.1, 0.15) is 36.8 Å². The summed E-state index contributed by atoms with van der Waals surface area (Å²) in [6, 6.07) is 0. The number of carbonyl (C=O) groups is 2. The van der Waals surface area contributed by atoms with E-state index in [1.165, 1.54) is 89.9 Å². The maximum atomic E-state index is 12.8. The molecule has 0 aromatic rings. The second kappa shape index (κ2) is 34.0. The number of aliphatic hydroxyl groups excluding tert-OH is 3. The van der Waals surface area contributed by atoms with Crippen molar-refractivity contribution in [2.24, 2.45) is 0 Å². The Kier molecular flexibility index (Phi) is 31.7. The molecule has 0 spiro atoms. The van der Waals surface area contributed by atoms with Crippen LogP contribution in [0, 0.1) is 0 Å². The highest BCUT2D eigenvalue weighted by atomic mass is 32.2. The summed E-state index contributed by atoms with van der Waals surface area (Å²) < 4.78 is 53.9. The minimum atomic E-state index is -4.60. The van der Waals surface area contributed by atoms with E-state index in [1.807, 2.05) is 0 Å². The van der Waals surface area contributed by atoms with Gasteiger partial charge in [-0.15, -0.1) is 0 Å². The van der Waals surface area contributed by atoms with Gasteiger partial charge in [-0.25, -0.2) is 0 Å². The van der Waals surface area contributed by atoms with E-state index in [4.69, 9.17) is 18.9 Å². The topological polar surface area (TPSA) is 186 Å². The van der Waals surface area contributed by atoms with E-state index >= 15 is 0 Å². The van der Waals surface area contributed by atoms with E-state index in [0.29, 0.717) is 12.8 Å². The SMILES string of the molecule is CCCCC/C=C\C/C=C\CCCCCCCCCCCC(=O)OC(COC(=O)CCCCCCCCCCC)COC1OC(CS(=O)(=O)O)C(O)C(O)C1O. The Hall–Kier alpha value is -1.87. The first-order valence-electron chi connectivity index (χ1n) is 21.9. The summed E-state index contributed by atoms with van der Waals surface area (Å²) in [5, 5.41) is 30.8. The smallest absolute Gasteiger partial charge is 0.306 e. The van der Waals surface area contributed by atoms with Crippen LogP contribution < -0.4 is 0 Å². The number of hydrogen-bond donors (Lipinski definition) is 4. The number of allylic oxidation sites excluding steroid dienone is 4. The number of rotatable bonds is 36. The van der Waals surface area contributed by atoms with Gasteiger partial charge in [0.15, 0.2) is 12.4 Å². The van der Waals surface area contributed by atoms with E-state index < -0.39 is 71.2 Å². The van der Waals surface area contributed by atoms with Crippen LogP contribution in [0.4, 0.5) is 0 Å². The van der Waals surface area contributed by atoms with Crippen LogP contribution in [0.15, 0.2) is 24.3 Å². The molecule has 6 atom stereocenters. The Labute approximate surface area is 338 Å². The molecule has 13 heteroatoms. The van der Waals surface area contributed by atoms with E-state index in [9.17, 15) is 37.9 Å². The van der Waals surface area contributed by atoms with Crippen molar-refractivity contribution in [3.8, 4) is 0 Å². The predicted octanol–water partition coefficient (Wildman–Crippen LogP) is 8.45. The Balaban J connectivity index is 2.42. The van der Waals surface area contributed by atoms with Gasteiger partial charge < -0.3 is 34.3 Å². The predicted molar refractivity (Wildman–Crippen MR) is 220 cm³/mol. The number of esters is 2. The van der Waals surface area contributed by atoms with E-state index in [0.717, 1.165) is 51.4 Å². The minimum Gasteiger partial charge on any atom is -0.462 e. The molecule has 6 unspecified atom stereocenters. The number of aliphatic hydroxyl groups is 3. The monoisotopic (exact) mass is 819 g/mol. The minimum absolute atomic E-state index is 0.162. The average molecular weight is 819 g/mol. The van der Waals surface area contributed by atoms with Crippen LogP contribution in [-0.4, -0.2) is 96.0 Å². The number of carbonyl (C=O) groups excluding carboxylic acids is 2. The van der Waals surface area contributed by atoms with Gasteiger partial charge in [0.2, 0.25) is 0 Å². The van der Waals surface area contributed by atoms with Gasteiger partial charge in [-0.05, 0) is 44.9 Å². The molecule has 1 aliphatic rings. The first-order valence-corrected chi connectivity index (χ1v) is 23.5. The Morgan fingerprint density at radius 3 is 1.61 bits per heavy atom. The highest BCUT2D eigenvalue weighted by molar-refractivity contribution is 7.85. The summed E-state index contributed by atoms with van der Waals surface area (Å²) in [5.41, 5.74) is 0. The van der Waals surface area contributed by atoms with Gasteiger partial charge in [0.25, 0.3) is 10.1 Å². The van der Waals surface area contributed by atoms with Crippen LogP contribution in [0.5, 0.6) is 0 Å². The number of ether oxygens (including phenoxy) is 4. The fourth-order valence-corrected chi connectivity index (χ4v) is 7.28. The summed E-state index contributed by atoms with van der Waals surface area (Å²) >= 11 is 0. The molecule has 12 nitrogen and oxygen atoms in total. The molecular weight excluding hydrogens is 741 g/mol. The fraction of sp³-hybridized carbons (Fsp3) is 0.860. The number of hydrogen-bond acceptors (Lipinski definition) is 11. The molecule has 4 N–H and O–H groups in total. The Bertz CT molecular complexity index is 1140. The summed E-state index contributed by atoms with van der Waals surface area (Å²) in [7, 11) is -4.60. The lowest BCUT2D eigenvalue weighted by Crippen LogP contribution is -2.60. The van der Waals surface area contributed by atoms with Crippen LogP contribution in [0.1, 0.15) is 181 Å². The van der Waals surface area contributed by atoms with Crippen molar-refractivity contribution in [2.45, 2.75) is 218 Å². The highest BCUT2D eigenvalue weighted by Crippen LogP contribution is 2.24. The molecule has 0 aromatic heterocycles. The van der Waals surface area contributed by atoms with Gasteiger partial charge in [-0.1, -0.05) is 147 Å². The van der Waals surface area contributed by atoms with Crippen molar-refractivity contribution in [1.82, 2.24) is 0 Å². The van der Waals surface area contributed by atoms with Crippen LogP contribution in [0.25, 0.3) is 0 Å². The maximum Gasteiger partial charge on any atom is 0.306 e. The molecule has 0 saturated carbocycles. The van der Waals surface area contributed by atoms with E-state index in [-0.39, 0.29) is 19.4 Å². The zero-order valence-electron chi connectivity index (χ0n) is 34.7. The van der Waals surface area contributed by atoms with Gasteiger partial charge >= 0.3 is 11.9 Å². The molecule has 1 fully saturated rings. The van der Waals surface area contributed by atoms with Crippen LogP contribution in [0.3, 0.4) is 0 Å². The summed E-state index contributed by atoms with van der Waals surface area (Å²) in [6.45, 7) is 3.70. The van der Waals surface area contributed by atoms with Gasteiger partial charge in [-0.3, -0.25) is 14.1 Å². The summed E-state index contributed by atoms with van der Waals surface area (Å²) in [5.74, 6) is -1.99. The third kappa shape index (κ3) is 28.5. The third-order valence-corrected chi connectivity index (χ3v) is 10.8. The highest BCUT2D eigenvalue weighted by Gasteiger charge is 2.46. The van der Waals surface area contributed by atoms with Crippen LogP contribution in [0.2, 0.25) is 0 Å². The van der Waals surface area contributed by atoms with Gasteiger partial charge in [0, 0.05) is 12.8 Å². The molecule has 1 saturated heterocycles. The molecule has 1 rings (SSSR count). The molecule has 1 heterocycles. The first kappa shape index (κ1) is 52.1. The average Bonchev–Trinajstić information content (AvgIpc) is 3.16. The van der Waals surface area contributed by atoms with Gasteiger partial charge in [0.05, 0.1) is 6.61 Å². The lowest BCUT2D eigenvalue weighted by Gasteiger charge is -2.40. The van der Waals surface area contributed by atoms with Crippen LogP contribution in [-0.2, 0) is 38.7 Å². The van der Waals surface area contributed by atoms with Crippen LogP contribution >= 0.6 is 0 Å². The van der Waals surface area contributed by atoms with Crippen molar-refractivity contribution in [3.05, 3.63) is 24.3 Å². The fourth-order valence-electron chi connectivity index (χ4n) is 6.59. The Morgan fingerprint density at radius 1 is 0.607 bits per heavy atom. The molecular formula is C43H78O12S. The molecule has 1 aliphatic heterocycles. The molecule has 56 heavy (non-hydrogen) atoms. The zero-order valence-corrected chi connectivity index (χ0v) is 35.6. The quantitative estimate of drug-likeness (QED) is 0.0205. The zero-order chi connectivity index (χ0) is 41.3. The second-order valence-corrected chi connectivity index (χ2v) is 16.9. The normalized spacial score (nSPS) is 20.9. The molecule has 0 amide bonds. The molecule has 328 valence electrons. The molecule has 0 aliphatic carbocycles. The van der Waals surface area contributed by atoms with Crippen molar-refractivity contribution >= 4 is 22.1 Å². The summed E-state index contributed by atoms with van der Waals surface area (Å²) in [4.78, 5) is 25.3. The third-order valence-electron chi connectivity index (χ3n) is 10.0. The molecule has 0 aromatic carbocycles. The lowest BCUT2D eigenvalue weighted by molar-refractivity contribution is -0.297.